The second-order valence-electron chi connectivity index (χ2n) is 3.02. The standard InChI is InChI=1S/C7H15N5O4/c1-16-6(13)5(8)3-2-4-11(7(9)10)12(14)15/h5H,2-4,8H2,1H3,(H3,9,10). The zero-order valence-electron chi connectivity index (χ0n) is 8.88. The molecule has 0 spiro atoms. The maximum atomic E-state index is 10.9. The smallest absolute Gasteiger partial charge is 0.322 e. The van der Waals surface area contributed by atoms with Crippen LogP contribution in [-0.2, 0) is 9.53 Å². The molecule has 0 saturated heterocycles. The monoisotopic (exact) mass is 233 g/mol. The number of nitro groups is 1. The maximum absolute atomic E-state index is 10.9. The number of rotatable bonds is 6. The van der Waals surface area contributed by atoms with Crippen LogP contribution >= 0.6 is 0 Å². The normalized spacial score (nSPS) is 11.6. The molecule has 0 aromatic heterocycles. The number of ether oxygens (including phenoxy) is 1. The van der Waals surface area contributed by atoms with E-state index in [1.165, 1.54) is 7.11 Å². The molecule has 9 nitrogen and oxygen atoms in total. The van der Waals surface area contributed by atoms with Crippen molar-refractivity contribution in [2.75, 3.05) is 13.7 Å². The quantitative estimate of drug-likeness (QED) is 0.169. The SMILES string of the molecule is COC(=O)C(N)CCCN(C(=N)N)[N+](=O)[O-]. The van der Waals surface area contributed by atoms with E-state index in [0.29, 0.717) is 5.01 Å². The first-order chi connectivity index (χ1) is 7.40. The molecule has 16 heavy (non-hydrogen) atoms. The van der Waals surface area contributed by atoms with E-state index < -0.39 is 23.0 Å². The van der Waals surface area contributed by atoms with Crippen molar-refractivity contribution in [1.29, 1.82) is 5.41 Å². The summed E-state index contributed by atoms with van der Waals surface area (Å²) in [7, 11) is 1.21. The summed E-state index contributed by atoms with van der Waals surface area (Å²) in [5, 5.41) is 17.0. The fourth-order valence-electron chi connectivity index (χ4n) is 1.02. The number of methoxy groups -OCH3 is 1. The van der Waals surface area contributed by atoms with Crippen molar-refractivity contribution in [3.8, 4) is 0 Å². The van der Waals surface area contributed by atoms with Crippen molar-refractivity contribution in [2.45, 2.75) is 18.9 Å². The molecule has 0 aliphatic carbocycles. The molecule has 1 unspecified atom stereocenters. The number of carbonyl (C=O) groups is 1. The highest BCUT2D eigenvalue weighted by Gasteiger charge is 2.19. The van der Waals surface area contributed by atoms with Crippen molar-refractivity contribution in [1.82, 2.24) is 5.01 Å². The highest BCUT2D eigenvalue weighted by molar-refractivity contribution is 5.75. The predicted octanol–water partition coefficient (Wildman–Crippen LogP) is -1.35. The Morgan fingerprint density at radius 3 is 2.62 bits per heavy atom. The summed E-state index contributed by atoms with van der Waals surface area (Å²) in [6.45, 7) is -0.0764. The largest absolute Gasteiger partial charge is 0.468 e. The minimum Gasteiger partial charge on any atom is -0.468 e. The van der Waals surface area contributed by atoms with E-state index in [2.05, 4.69) is 4.74 Å². The number of guanidine groups is 1. The Kier molecular flexibility index (Phi) is 5.78. The summed E-state index contributed by atoms with van der Waals surface area (Å²) in [6, 6.07) is -0.814. The van der Waals surface area contributed by atoms with Crippen LogP contribution in [0.4, 0.5) is 0 Å². The van der Waals surface area contributed by atoms with Crippen molar-refractivity contribution >= 4 is 11.9 Å². The van der Waals surface area contributed by atoms with Gasteiger partial charge in [0, 0.05) is 0 Å². The first kappa shape index (κ1) is 14.1. The molecule has 92 valence electrons. The van der Waals surface area contributed by atoms with Crippen molar-refractivity contribution < 1.29 is 14.6 Å². The van der Waals surface area contributed by atoms with E-state index in [0.717, 1.165) is 0 Å². The van der Waals surface area contributed by atoms with Crippen LogP contribution in [0, 0.1) is 15.5 Å². The van der Waals surface area contributed by atoms with E-state index in [-0.39, 0.29) is 19.4 Å². The molecule has 0 saturated carbocycles. The van der Waals surface area contributed by atoms with Gasteiger partial charge >= 0.3 is 5.97 Å². The molecule has 0 rings (SSSR count). The molecule has 0 fully saturated rings. The minimum absolute atomic E-state index is 0.0764. The van der Waals surface area contributed by atoms with Crippen LogP contribution in [0.5, 0.6) is 0 Å². The lowest BCUT2D eigenvalue weighted by molar-refractivity contribution is -0.629. The third-order valence-corrected chi connectivity index (χ3v) is 1.86. The Bertz CT molecular complexity index is 268. The number of hydrogen-bond acceptors (Lipinski definition) is 6. The van der Waals surface area contributed by atoms with Gasteiger partial charge in [-0.3, -0.25) is 10.2 Å². The van der Waals surface area contributed by atoms with Crippen LogP contribution in [0.2, 0.25) is 0 Å². The molecule has 0 aliphatic rings. The van der Waals surface area contributed by atoms with Gasteiger partial charge in [-0.1, -0.05) is 5.01 Å². The lowest BCUT2D eigenvalue weighted by atomic mass is 10.2. The van der Waals surface area contributed by atoms with Crippen LogP contribution < -0.4 is 11.5 Å². The molecular formula is C7H15N5O4. The molecule has 0 aromatic rings. The molecular weight excluding hydrogens is 218 g/mol. The van der Waals surface area contributed by atoms with Crippen LogP contribution in [0.3, 0.4) is 0 Å². The molecule has 0 aromatic carbocycles. The van der Waals surface area contributed by atoms with Crippen LogP contribution in [0.1, 0.15) is 12.8 Å². The van der Waals surface area contributed by atoms with Gasteiger partial charge in [0.05, 0.1) is 13.7 Å². The van der Waals surface area contributed by atoms with Crippen molar-refractivity contribution in [3.63, 3.8) is 0 Å². The van der Waals surface area contributed by atoms with Gasteiger partial charge in [0.25, 0.3) is 5.96 Å². The third kappa shape index (κ3) is 4.55. The molecule has 0 heterocycles. The van der Waals surface area contributed by atoms with Gasteiger partial charge in [0.15, 0.2) is 5.03 Å². The molecule has 5 N–H and O–H groups in total. The topological polar surface area (TPSA) is 149 Å². The number of hydrazine groups is 1. The average Bonchev–Trinajstić information content (AvgIpc) is 2.21. The maximum Gasteiger partial charge on any atom is 0.322 e. The third-order valence-electron chi connectivity index (χ3n) is 1.86. The summed E-state index contributed by atoms with van der Waals surface area (Å²) in [4.78, 5) is 21.3. The summed E-state index contributed by atoms with van der Waals surface area (Å²) in [5.74, 6) is -1.23. The number of hydrogen-bond donors (Lipinski definition) is 3. The summed E-state index contributed by atoms with van der Waals surface area (Å²) < 4.78 is 4.39. The van der Waals surface area contributed by atoms with Gasteiger partial charge in [0.1, 0.15) is 6.04 Å². The number of nitrogens with one attached hydrogen (secondary N) is 1. The highest BCUT2D eigenvalue weighted by atomic mass is 16.7. The van der Waals surface area contributed by atoms with Gasteiger partial charge in [-0.15, -0.1) is 0 Å². The molecule has 0 bridgehead atoms. The van der Waals surface area contributed by atoms with E-state index in [1.54, 1.807) is 0 Å². The Morgan fingerprint density at radius 2 is 2.25 bits per heavy atom. The molecule has 0 aliphatic heterocycles. The number of esters is 1. The van der Waals surface area contributed by atoms with E-state index in [4.69, 9.17) is 16.9 Å². The van der Waals surface area contributed by atoms with Crippen LogP contribution in [0.25, 0.3) is 0 Å². The lowest BCUT2D eigenvalue weighted by Gasteiger charge is -2.13. The first-order valence-electron chi connectivity index (χ1n) is 4.49. The van der Waals surface area contributed by atoms with Crippen molar-refractivity contribution in [2.24, 2.45) is 11.5 Å². The number of nitrogens with zero attached hydrogens (tertiary/aromatic N) is 2. The Balaban J connectivity index is 4.00. The summed E-state index contributed by atoms with van der Waals surface area (Å²) in [5.41, 5.74) is 10.4. The van der Waals surface area contributed by atoms with E-state index >= 15 is 0 Å². The predicted molar refractivity (Wildman–Crippen MR) is 54.8 cm³/mol. The fraction of sp³-hybridized carbons (Fsp3) is 0.714. The number of carbonyl (C=O) groups excluding carboxylic acids is 1. The van der Waals surface area contributed by atoms with Crippen LogP contribution in [-0.4, -0.2) is 41.7 Å². The second-order valence-corrected chi connectivity index (χ2v) is 3.02. The summed E-state index contributed by atoms with van der Waals surface area (Å²) >= 11 is 0. The molecule has 1 atom stereocenters. The van der Waals surface area contributed by atoms with Gasteiger partial charge in [-0.2, -0.15) is 0 Å². The Hall–Kier alpha value is -1.90. The van der Waals surface area contributed by atoms with Gasteiger partial charge in [-0.05, 0) is 12.8 Å². The zero-order valence-corrected chi connectivity index (χ0v) is 8.88. The van der Waals surface area contributed by atoms with E-state index in [1.807, 2.05) is 0 Å². The first-order valence-corrected chi connectivity index (χ1v) is 4.49. The molecule has 0 amide bonds. The van der Waals surface area contributed by atoms with Crippen LogP contribution in [0.15, 0.2) is 0 Å². The fourth-order valence-corrected chi connectivity index (χ4v) is 1.02. The summed E-state index contributed by atoms with van der Waals surface area (Å²) in [6.07, 6.45) is 0.487. The highest BCUT2D eigenvalue weighted by Crippen LogP contribution is 1.99. The Morgan fingerprint density at radius 1 is 1.69 bits per heavy atom. The van der Waals surface area contributed by atoms with Gasteiger partial charge in [-0.25, -0.2) is 10.1 Å². The van der Waals surface area contributed by atoms with Crippen molar-refractivity contribution in [3.05, 3.63) is 10.1 Å². The lowest BCUT2D eigenvalue weighted by Crippen LogP contribution is -2.42. The number of nitrogens with two attached hydrogens (primary N) is 2. The second kappa shape index (κ2) is 6.56. The van der Waals surface area contributed by atoms with Gasteiger partial charge in [0.2, 0.25) is 0 Å². The average molecular weight is 233 g/mol. The molecule has 0 radical (unpaired) electrons. The van der Waals surface area contributed by atoms with Gasteiger partial charge < -0.3 is 16.2 Å². The minimum atomic E-state index is -0.814. The zero-order chi connectivity index (χ0) is 12.7. The van der Waals surface area contributed by atoms with E-state index in [9.17, 15) is 14.9 Å². The Labute approximate surface area is 92.0 Å². The molecule has 9 heteroatoms.